The van der Waals surface area contributed by atoms with Gasteiger partial charge in [0.1, 0.15) is 17.5 Å². The zero-order chi connectivity index (χ0) is 22.7. The molecule has 0 bridgehead atoms. The van der Waals surface area contributed by atoms with Crippen molar-refractivity contribution in [3.05, 3.63) is 54.1 Å². The summed E-state index contributed by atoms with van der Waals surface area (Å²) in [7, 11) is 3.10. The van der Waals surface area contributed by atoms with Gasteiger partial charge < -0.3 is 19.1 Å². The van der Waals surface area contributed by atoms with Gasteiger partial charge in [-0.25, -0.2) is 4.90 Å². The Kier molecular flexibility index (Phi) is 6.41. The number of anilines is 1. The second-order valence-corrected chi connectivity index (χ2v) is 7.81. The highest BCUT2D eigenvalue weighted by Gasteiger charge is 2.45. The number of ether oxygens (including phenoxy) is 3. The topological polar surface area (TPSA) is 85.4 Å². The van der Waals surface area contributed by atoms with Crippen molar-refractivity contribution < 1.29 is 28.6 Å². The minimum atomic E-state index is -0.886. The van der Waals surface area contributed by atoms with Gasteiger partial charge >= 0.3 is 0 Å². The van der Waals surface area contributed by atoms with E-state index in [-0.39, 0.29) is 30.9 Å². The number of hydrogen-bond acceptors (Lipinski definition) is 6. The highest BCUT2D eigenvalue weighted by Crippen LogP contribution is 2.29. The van der Waals surface area contributed by atoms with E-state index in [4.69, 9.17) is 14.2 Å². The normalized spacial score (nSPS) is 20.5. The third kappa shape index (κ3) is 4.31. The molecule has 168 valence electrons. The van der Waals surface area contributed by atoms with Crippen LogP contribution in [0.1, 0.15) is 29.6 Å². The minimum Gasteiger partial charge on any atom is -0.497 e. The quantitative estimate of drug-likeness (QED) is 0.618. The molecule has 2 saturated heterocycles. The van der Waals surface area contributed by atoms with Gasteiger partial charge in [-0.1, -0.05) is 0 Å². The van der Waals surface area contributed by atoms with Crippen LogP contribution in [-0.2, 0) is 14.3 Å². The molecule has 0 radical (unpaired) electrons. The van der Waals surface area contributed by atoms with E-state index in [1.807, 2.05) is 0 Å². The standard InChI is InChI=1S/C24H26N2O6/c1-30-18-9-5-16(6-10-18)23(28)25(15-20-4-3-13-32-20)21-14-22(27)26(24(21)29)17-7-11-19(31-2)12-8-17/h5-12,20-21H,3-4,13-15H2,1-2H3. The van der Waals surface area contributed by atoms with E-state index >= 15 is 0 Å². The van der Waals surface area contributed by atoms with Crippen molar-refractivity contribution in [2.24, 2.45) is 0 Å². The summed E-state index contributed by atoms with van der Waals surface area (Å²) in [4.78, 5) is 42.2. The molecule has 8 heteroatoms. The maximum Gasteiger partial charge on any atom is 0.257 e. The van der Waals surface area contributed by atoms with Crippen LogP contribution in [-0.4, -0.2) is 62.1 Å². The van der Waals surface area contributed by atoms with Crippen LogP contribution >= 0.6 is 0 Å². The first kappa shape index (κ1) is 21.8. The molecule has 0 saturated carbocycles. The average molecular weight is 438 g/mol. The van der Waals surface area contributed by atoms with E-state index in [0.29, 0.717) is 29.4 Å². The second-order valence-electron chi connectivity index (χ2n) is 7.81. The van der Waals surface area contributed by atoms with Crippen molar-refractivity contribution in [1.82, 2.24) is 4.90 Å². The molecule has 4 rings (SSSR count). The Balaban J connectivity index is 1.61. The average Bonchev–Trinajstić information content (AvgIpc) is 3.44. The number of imide groups is 1. The van der Waals surface area contributed by atoms with Gasteiger partial charge in [0.2, 0.25) is 5.91 Å². The summed E-state index contributed by atoms with van der Waals surface area (Å²) in [5, 5.41) is 0. The monoisotopic (exact) mass is 438 g/mol. The van der Waals surface area contributed by atoms with E-state index in [1.54, 1.807) is 62.8 Å². The van der Waals surface area contributed by atoms with Gasteiger partial charge in [0, 0.05) is 18.7 Å². The molecule has 0 aliphatic carbocycles. The first-order valence-corrected chi connectivity index (χ1v) is 10.6. The molecule has 0 aromatic heterocycles. The molecule has 32 heavy (non-hydrogen) atoms. The number of benzene rings is 2. The lowest BCUT2D eigenvalue weighted by atomic mass is 10.1. The van der Waals surface area contributed by atoms with Gasteiger partial charge in [-0.15, -0.1) is 0 Å². The van der Waals surface area contributed by atoms with E-state index in [1.165, 1.54) is 4.90 Å². The number of nitrogens with zero attached hydrogens (tertiary/aromatic N) is 2. The predicted octanol–water partition coefficient (Wildman–Crippen LogP) is 2.66. The Morgan fingerprint density at radius 2 is 1.66 bits per heavy atom. The van der Waals surface area contributed by atoms with Crippen molar-refractivity contribution >= 4 is 23.4 Å². The lowest BCUT2D eigenvalue weighted by Crippen LogP contribution is -2.48. The van der Waals surface area contributed by atoms with Crippen molar-refractivity contribution in [3.8, 4) is 11.5 Å². The summed E-state index contributed by atoms with van der Waals surface area (Å²) >= 11 is 0. The van der Waals surface area contributed by atoms with Crippen LogP contribution in [0.15, 0.2) is 48.5 Å². The molecule has 8 nitrogen and oxygen atoms in total. The second kappa shape index (κ2) is 9.40. The van der Waals surface area contributed by atoms with Crippen molar-refractivity contribution in [2.75, 3.05) is 32.3 Å². The smallest absolute Gasteiger partial charge is 0.257 e. The third-order valence-corrected chi connectivity index (χ3v) is 5.85. The van der Waals surface area contributed by atoms with Gasteiger partial charge in [0.15, 0.2) is 0 Å². The largest absolute Gasteiger partial charge is 0.497 e. The summed E-state index contributed by atoms with van der Waals surface area (Å²) in [6.07, 6.45) is 1.49. The number of carbonyl (C=O) groups is 3. The lowest BCUT2D eigenvalue weighted by molar-refractivity contribution is -0.122. The molecule has 2 unspecified atom stereocenters. The molecule has 2 atom stereocenters. The van der Waals surface area contributed by atoms with E-state index in [9.17, 15) is 14.4 Å². The van der Waals surface area contributed by atoms with Crippen LogP contribution in [0.2, 0.25) is 0 Å². The first-order valence-electron chi connectivity index (χ1n) is 10.6. The molecule has 0 N–H and O–H groups in total. The molecule has 2 aromatic rings. The highest BCUT2D eigenvalue weighted by molar-refractivity contribution is 6.23. The number of amides is 3. The van der Waals surface area contributed by atoms with Crippen molar-refractivity contribution in [3.63, 3.8) is 0 Å². The number of rotatable bonds is 7. The van der Waals surface area contributed by atoms with Crippen molar-refractivity contribution in [1.29, 1.82) is 0 Å². The molecule has 2 heterocycles. The van der Waals surface area contributed by atoms with Crippen molar-refractivity contribution in [2.45, 2.75) is 31.4 Å². The summed E-state index contributed by atoms with van der Waals surface area (Å²) in [5.74, 6) is 0.181. The fourth-order valence-corrected chi connectivity index (χ4v) is 4.12. The van der Waals surface area contributed by atoms with Crippen LogP contribution in [0.4, 0.5) is 5.69 Å². The van der Waals surface area contributed by atoms with Crippen LogP contribution < -0.4 is 14.4 Å². The Labute approximate surface area is 186 Å². The maximum atomic E-state index is 13.4. The summed E-state index contributed by atoms with van der Waals surface area (Å²) < 4.78 is 16.0. The van der Waals surface area contributed by atoms with Crippen LogP contribution in [0, 0.1) is 0 Å². The fraction of sp³-hybridized carbons (Fsp3) is 0.375. The molecular weight excluding hydrogens is 412 g/mol. The fourth-order valence-electron chi connectivity index (χ4n) is 4.12. The van der Waals surface area contributed by atoms with E-state index in [2.05, 4.69) is 0 Å². The molecule has 2 fully saturated rings. The molecule has 2 aliphatic heterocycles. The molecule has 3 amide bonds. The van der Waals surface area contributed by atoms with E-state index < -0.39 is 11.9 Å². The lowest BCUT2D eigenvalue weighted by Gasteiger charge is -2.30. The molecule has 0 spiro atoms. The Hall–Kier alpha value is -3.39. The van der Waals surface area contributed by atoms with Crippen LogP contribution in [0.25, 0.3) is 0 Å². The zero-order valence-corrected chi connectivity index (χ0v) is 18.2. The first-order chi connectivity index (χ1) is 15.5. The Morgan fingerprint density at radius 3 is 2.22 bits per heavy atom. The van der Waals surface area contributed by atoms with Gasteiger partial charge in [-0.2, -0.15) is 0 Å². The van der Waals surface area contributed by atoms with Gasteiger partial charge in [0.05, 0.1) is 32.4 Å². The molecule has 2 aromatic carbocycles. The summed E-state index contributed by atoms with van der Waals surface area (Å²) in [5.41, 5.74) is 0.879. The number of hydrogen-bond donors (Lipinski definition) is 0. The van der Waals surface area contributed by atoms with E-state index in [0.717, 1.165) is 17.7 Å². The zero-order valence-electron chi connectivity index (χ0n) is 18.2. The summed E-state index contributed by atoms with van der Waals surface area (Å²) in [6, 6.07) is 12.5. The molecule has 2 aliphatic rings. The van der Waals surface area contributed by atoms with Crippen LogP contribution in [0.5, 0.6) is 11.5 Å². The number of methoxy groups -OCH3 is 2. The van der Waals surface area contributed by atoms with Crippen LogP contribution in [0.3, 0.4) is 0 Å². The Bertz CT molecular complexity index is 983. The molecular formula is C24H26N2O6. The Morgan fingerprint density at radius 1 is 1.03 bits per heavy atom. The minimum absolute atomic E-state index is 0.0700. The van der Waals surface area contributed by atoms with Gasteiger partial charge in [-0.3, -0.25) is 14.4 Å². The van der Waals surface area contributed by atoms with Gasteiger partial charge in [0.25, 0.3) is 11.8 Å². The maximum absolute atomic E-state index is 13.4. The predicted molar refractivity (Wildman–Crippen MR) is 117 cm³/mol. The number of carbonyl (C=O) groups excluding carboxylic acids is 3. The summed E-state index contributed by atoms with van der Waals surface area (Å²) in [6.45, 7) is 0.885. The third-order valence-electron chi connectivity index (χ3n) is 5.85. The van der Waals surface area contributed by atoms with Gasteiger partial charge in [-0.05, 0) is 61.4 Å². The SMILES string of the molecule is COc1ccc(C(=O)N(CC2CCCO2)C2CC(=O)N(c3ccc(OC)cc3)C2=O)cc1. The highest BCUT2D eigenvalue weighted by atomic mass is 16.5.